The number of amides is 2. The quantitative estimate of drug-likeness (QED) is 0.614. The number of ether oxygens (including phenoxy) is 2. The van der Waals surface area contributed by atoms with Crippen molar-refractivity contribution in [3.63, 3.8) is 0 Å². The van der Waals surface area contributed by atoms with Crippen LogP contribution < -0.4 is 14.8 Å². The van der Waals surface area contributed by atoms with Gasteiger partial charge in [0, 0.05) is 30.8 Å². The van der Waals surface area contributed by atoms with E-state index in [2.05, 4.69) is 5.32 Å². The lowest BCUT2D eigenvalue weighted by atomic mass is 10.1. The van der Waals surface area contributed by atoms with Crippen LogP contribution in [0.2, 0.25) is 5.02 Å². The van der Waals surface area contributed by atoms with Crippen molar-refractivity contribution in [2.45, 2.75) is 39.7 Å². The summed E-state index contributed by atoms with van der Waals surface area (Å²) in [7, 11) is 0. The standard InChI is InChI=1S/C23H27ClN2O4/c1-3-11-30-22-19(24)13-17(14-20(22)29-4-2)23(28)25-18-8-5-7-16(12-18)15-26-10-6-9-21(26)27/h5,7-8,12-14H,3-4,6,9-11,15H2,1-2H3,(H,25,28). The fraction of sp³-hybridized carbons (Fsp3) is 0.391. The predicted molar refractivity (Wildman–Crippen MR) is 117 cm³/mol. The maximum atomic E-state index is 12.8. The normalized spacial score (nSPS) is 13.4. The van der Waals surface area contributed by atoms with E-state index in [1.54, 1.807) is 12.1 Å². The van der Waals surface area contributed by atoms with Crippen molar-refractivity contribution in [3.05, 3.63) is 52.5 Å². The van der Waals surface area contributed by atoms with Crippen LogP contribution in [0.1, 0.15) is 49.0 Å². The van der Waals surface area contributed by atoms with E-state index in [0.717, 1.165) is 24.9 Å². The van der Waals surface area contributed by atoms with Crippen LogP contribution in [0.25, 0.3) is 0 Å². The number of rotatable bonds is 9. The molecule has 0 bridgehead atoms. The second-order valence-corrected chi connectivity index (χ2v) is 7.55. The Labute approximate surface area is 182 Å². The molecule has 7 heteroatoms. The molecule has 1 heterocycles. The zero-order valence-corrected chi connectivity index (χ0v) is 18.1. The summed E-state index contributed by atoms with van der Waals surface area (Å²) >= 11 is 6.36. The number of likely N-dealkylation sites (tertiary alicyclic amines) is 1. The van der Waals surface area contributed by atoms with Crippen LogP contribution in [0.5, 0.6) is 11.5 Å². The highest BCUT2D eigenvalue weighted by Crippen LogP contribution is 2.37. The van der Waals surface area contributed by atoms with Gasteiger partial charge in [0.05, 0.1) is 18.2 Å². The molecule has 30 heavy (non-hydrogen) atoms. The SMILES string of the molecule is CCCOc1c(Cl)cc(C(=O)Nc2cccc(CN3CCCC3=O)c2)cc1OCC. The summed E-state index contributed by atoms with van der Waals surface area (Å²) in [5, 5.41) is 3.23. The summed E-state index contributed by atoms with van der Waals surface area (Å²) in [4.78, 5) is 26.5. The van der Waals surface area contributed by atoms with E-state index in [0.29, 0.717) is 54.0 Å². The lowest BCUT2D eigenvalue weighted by molar-refractivity contribution is -0.128. The number of carbonyl (C=O) groups excluding carboxylic acids is 2. The Hall–Kier alpha value is -2.73. The van der Waals surface area contributed by atoms with Gasteiger partial charge in [-0.15, -0.1) is 0 Å². The average Bonchev–Trinajstić information content (AvgIpc) is 3.12. The number of halogens is 1. The Balaban J connectivity index is 1.75. The van der Waals surface area contributed by atoms with Crippen LogP contribution in [0.4, 0.5) is 5.69 Å². The maximum Gasteiger partial charge on any atom is 0.255 e. The molecule has 0 unspecified atom stereocenters. The highest BCUT2D eigenvalue weighted by atomic mass is 35.5. The maximum absolute atomic E-state index is 12.8. The van der Waals surface area contributed by atoms with E-state index < -0.39 is 0 Å². The monoisotopic (exact) mass is 430 g/mol. The van der Waals surface area contributed by atoms with Crippen molar-refractivity contribution in [1.82, 2.24) is 4.90 Å². The van der Waals surface area contributed by atoms with E-state index in [1.165, 1.54) is 0 Å². The third kappa shape index (κ3) is 5.45. The van der Waals surface area contributed by atoms with Crippen molar-refractivity contribution in [3.8, 4) is 11.5 Å². The van der Waals surface area contributed by atoms with E-state index in [1.807, 2.05) is 43.0 Å². The number of hydrogen-bond donors (Lipinski definition) is 1. The van der Waals surface area contributed by atoms with Gasteiger partial charge in [-0.25, -0.2) is 0 Å². The molecule has 0 radical (unpaired) electrons. The van der Waals surface area contributed by atoms with Gasteiger partial charge in [0.1, 0.15) is 0 Å². The summed E-state index contributed by atoms with van der Waals surface area (Å²) < 4.78 is 11.3. The Morgan fingerprint density at radius 2 is 2.03 bits per heavy atom. The molecule has 0 atom stereocenters. The lowest BCUT2D eigenvalue weighted by Crippen LogP contribution is -2.23. The third-order valence-electron chi connectivity index (χ3n) is 4.75. The van der Waals surface area contributed by atoms with E-state index in [9.17, 15) is 9.59 Å². The molecule has 0 aliphatic carbocycles. The number of benzene rings is 2. The van der Waals surface area contributed by atoms with Crippen LogP contribution in [-0.4, -0.2) is 36.5 Å². The van der Waals surface area contributed by atoms with Gasteiger partial charge in [0.15, 0.2) is 11.5 Å². The van der Waals surface area contributed by atoms with Gasteiger partial charge in [-0.3, -0.25) is 9.59 Å². The lowest BCUT2D eigenvalue weighted by Gasteiger charge is -2.17. The molecule has 1 aliphatic heterocycles. The van der Waals surface area contributed by atoms with Crippen LogP contribution in [0, 0.1) is 0 Å². The molecule has 0 aromatic heterocycles. The van der Waals surface area contributed by atoms with Crippen molar-refractivity contribution >= 4 is 29.1 Å². The zero-order valence-electron chi connectivity index (χ0n) is 17.4. The minimum atomic E-state index is -0.297. The van der Waals surface area contributed by atoms with Gasteiger partial charge in [0.2, 0.25) is 5.91 Å². The molecule has 1 saturated heterocycles. The van der Waals surface area contributed by atoms with E-state index >= 15 is 0 Å². The first-order valence-corrected chi connectivity index (χ1v) is 10.7. The summed E-state index contributed by atoms with van der Waals surface area (Å²) in [5.74, 6) is 0.779. The zero-order chi connectivity index (χ0) is 21.5. The minimum Gasteiger partial charge on any atom is -0.490 e. The molecule has 0 spiro atoms. The second-order valence-electron chi connectivity index (χ2n) is 7.14. The smallest absolute Gasteiger partial charge is 0.255 e. The minimum absolute atomic E-state index is 0.174. The fourth-order valence-electron chi connectivity index (χ4n) is 3.35. The fourth-order valence-corrected chi connectivity index (χ4v) is 3.61. The van der Waals surface area contributed by atoms with Crippen LogP contribution in [0.3, 0.4) is 0 Å². The number of nitrogens with zero attached hydrogens (tertiary/aromatic N) is 1. The number of nitrogens with one attached hydrogen (secondary N) is 1. The summed E-state index contributed by atoms with van der Waals surface area (Å²) in [6, 6.07) is 10.7. The molecule has 160 valence electrons. The van der Waals surface area contributed by atoms with Gasteiger partial charge in [-0.05, 0) is 49.6 Å². The predicted octanol–water partition coefficient (Wildman–Crippen LogP) is 4.90. The molecule has 2 amide bonds. The molecule has 2 aromatic carbocycles. The van der Waals surface area contributed by atoms with Gasteiger partial charge in [-0.2, -0.15) is 0 Å². The molecule has 1 fully saturated rings. The molecule has 1 N–H and O–H groups in total. The van der Waals surface area contributed by atoms with Crippen LogP contribution in [-0.2, 0) is 11.3 Å². The van der Waals surface area contributed by atoms with E-state index in [4.69, 9.17) is 21.1 Å². The molecule has 1 aliphatic rings. The molecular formula is C23H27ClN2O4. The first kappa shape index (κ1) is 22.0. The largest absolute Gasteiger partial charge is 0.490 e. The number of hydrogen-bond acceptors (Lipinski definition) is 4. The first-order valence-electron chi connectivity index (χ1n) is 10.3. The number of carbonyl (C=O) groups is 2. The van der Waals surface area contributed by atoms with Gasteiger partial charge in [-0.1, -0.05) is 30.7 Å². The van der Waals surface area contributed by atoms with E-state index in [-0.39, 0.29) is 11.8 Å². The van der Waals surface area contributed by atoms with Gasteiger partial charge < -0.3 is 19.7 Å². The van der Waals surface area contributed by atoms with Crippen molar-refractivity contribution < 1.29 is 19.1 Å². The topological polar surface area (TPSA) is 67.9 Å². The first-order chi connectivity index (χ1) is 14.5. The van der Waals surface area contributed by atoms with Crippen LogP contribution in [0.15, 0.2) is 36.4 Å². The molecule has 0 saturated carbocycles. The Morgan fingerprint density at radius 3 is 2.73 bits per heavy atom. The second kappa shape index (κ2) is 10.3. The molecule has 6 nitrogen and oxygen atoms in total. The Morgan fingerprint density at radius 1 is 1.20 bits per heavy atom. The average molecular weight is 431 g/mol. The highest BCUT2D eigenvalue weighted by Gasteiger charge is 2.20. The summed E-state index contributed by atoms with van der Waals surface area (Å²) in [6.07, 6.45) is 2.34. The molecule has 2 aromatic rings. The highest BCUT2D eigenvalue weighted by molar-refractivity contribution is 6.32. The number of anilines is 1. The van der Waals surface area contributed by atoms with Crippen molar-refractivity contribution in [1.29, 1.82) is 0 Å². The Bertz CT molecular complexity index is 916. The Kier molecular flexibility index (Phi) is 7.57. The summed E-state index contributed by atoms with van der Waals surface area (Å²) in [5.41, 5.74) is 2.01. The van der Waals surface area contributed by atoms with Crippen molar-refractivity contribution in [2.24, 2.45) is 0 Å². The van der Waals surface area contributed by atoms with Gasteiger partial charge in [0.25, 0.3) is 5.91 Å². The van der Waals surface area contributed by atoms with Gasteiger partial charge >= 0.3 is 0 Å². The summed E-state index contributed by atoms with van der Waals surface area (Å²) in [6.45, 7) is 6.14. The molecule has 3 rings (SSSR count). The van der Waals surface area contributed by atoms with Crippen molar-refractivity contribution in [2.75, 3.05) is 25.1 Å². The molecular weight excluding hydrogens is 404 g/mol. The third-order valence-corrected chi connectivity index (χ3v) is 5.03. The van der Waals surface area contributed by atoms with Crippen LogP contribution >= 0.6 is 11.6 Å².